The van der Waals surface area contributed by atoms with E-state index in [4.69, 9.17) is 11.6 Å². The molecule has 0 N–H and O–H groups in total. The monoisotopic (exact) mass is 279 g/mol. The highest BCUT2D eigenvalue weighted by Crippen LogP contribution is 2.27. The van der Waals surface area contributed by atoms with Gasteiger partial charge in [0.15, 0.2) is 4.96 Å². The average molecular weight is 280 g/mol. The maximum Gasteiger partial charge on any atom is 0.269 e. The Morgan fingerprint density at radius 2 is 2.00 bits per heavy atom. The molecule has 0 amide bonds. The number of hydrogen-bond donors (Lipinski definition) is 0. The molecule has 0 fully saturated rings. The molecule has 2 aromatic heterocycles. The SMILES string of the molecule is O=[N+]([O-])c1ccc(-c2cn3cc(Cl)sc3n2)cc1. The second kappa shape index (κ2) is 4.08. The van der Waals surface area contributed by atoms with E-state index in [0.29, 0.717) is 4.34 Å². The molecule has 2 heterocycles. The highest BCUT2D eigenvalue weighted by atomic mass is 35.5. The fourth-order valence-electron chi connectivity index (χ4n) is 1.66. The number of fused-ring (bicyclic) bond motifs is 1. The van der Waals surface area contributed by atoms with E-state index in [1.54, 1.807) is 18.3 Å². The van der Waals surface area contributed by atoms with Gasteiger partial charge in [0.25, 0.3) is 5.69 Å². The van der Waals surface area contributed by atoms with Crippen LogP contribution in [-0.4, -0.2) is 14.3 Å². The summed E-state index contributed by atoms with van der Waals surface area (Å²) in [5.74, 6) is 0. The van der Waals surface area contributed by atoms with E-state index >= 15 is 0 Å². The van der Waals surface area contributed by atoms with Gasteiger partial charge in [-0.05, 0) is 12.1 Å². The van der Waals surface area contributed by atoms with E-state index in [-0.39, 0.29) is 5.69 Å². The minimum absolute atomic E-state index is 0.0721. The summed E-state index contributed by atoms with van der Waals surface area (Å²) >= 11 is 7.25. The van der Waals surface area contributed by atoms with Crippen molar-refractivity contribution in [3.05, 3.63) is 51.1 Å². The second-order valence-electron chi connectivity index (χ2n) is 3.66. The van der Waals surface area contributed by atoms with Crippen molar-refractivity contribution in [1.29, 1.82) is 0 Å². The predicted octanol–water partition coefficient (Wildman–Crippen LogP) is 3.62. The number of halogens is 1. The van der Waals surface area contributed by atoms with Crippen molar-refractivity contribution in [1.82, 2.24) is 9.38 Å². The molecular weight excluding hydrogens is 274 g/mol. The van der Waals surface area contributed by atoms with Gasteiger partial charge in [-0.15, -0.1) is 0 Å². The summed E-state index contributed by atoms with van der Waals surface area (Å²) in [6.45, 7) is 0. The smallest absolute Gasteiger partial charge is 0.269 e. The Morgan fingerprint density at radius 3 is 2.61 bits per heavy atom. The number of thiazole rings is 1. The van der Waals surface area contributed by atoms with Crippen LogP contribution in [0.15, 0.2) is 36.7 Å². The highest BCUT2D eigenvalue weighted by Gasteiger charge is 2.09. The summed E-state index contributed by atoms with van der Waals surface area (Å²) in [5, 5.41) is 10.6. The number of aromatic nitrogens is 2. The Bertz CT molecular complexity index is 701. The van der Waals surface area contributed by atoms with E-state index in [1.165, 1.54) is 23.5 Å². The van der Waals surface area contributed by atoms with Crippen LogP contribution in [0.3, 0.4) is 0 Å². The molecule has 0 aliphatic heterocycles. The third kappa shape index (κ3) is 1.85. The van der Waals surface area contributed by atoms with Gasteiger partial charge in [0.2, 0.25) is 0 Å². The molecule has 18 heavy (non-hydrogen) atoms. The van der Waals surface area contributed by atoms with Crippen molar-refractivity contribution >= 4 is 33.6 Å². The Balaban J connectivity index is 2.02. The van der Waals surface area contributed by atoms with Crippen molar-refractivity contribution in [2.45, 2.75) is 0 Å². The third-order valence-electron chi connectivity index (χ3n) is 2.50. The van der Waals surface area contributed by atoms with Crippen molar-refractivity contribution in [3.8, 4) is 11.3 Å². The quantitative estimate of drug-likeness (QED) is 0.532. The molecular formula is C11H6ClN3O2S. The van der Waals surface area contributed by atoms with Crippen LogP contribution in [0, 0.1) is 10.1 Å². The van der Waals surface area contributed by atoms with E-state index in [1.807, 2.05) is 10.6 Å². The minimum Gasteiger partial charge on any atom is -0.296 e. The van der Waals surface area contributed by atoms with Crippen molar-refractivity contribution in [3.63, 3.8) is 0 Å². The molecule has 0 bridgehead atoms. The van der Waals surface area contributed by atoms with Gasteiger partial charge in [0.05, 0.1) is 10.6 Å². The molecule has 7 heteroatoms. The number of hydrogen-bond acceptors (Lipinski definition) is 4. The minimum atomic E-state index is -0.421. The zero-order valence-corrected chi connectivity index (χ0v) is 10.5. The first-order valence-corrected chi connectivity index (χ1v) is 6.22. The number of nitro groups is 1. The van der Waals surface area contributed by atoms with E-state index in [9.17, 15) is 10.1 Å². The Kier molecular flexibility index (Phi) is 2.53. The summed E-state index contributed by atoms with van der Waals surface area (Å²) in [6, 6.07) is 6.31. The fraction of sp³-hybridized carbons (Fsp3) is 0. The van der Waals surface area contributed by atoms with Gasteiger partial charge >= 0.3 is 0 Å². The average Bonchev–Trinajstić information content (AvgIpc) is 2.86. The van der Waals surface area contributed by atoms with Gasteiger partial charge in [0.1, 0.15) is 4.34 Å². The zero-order valence-electron chi connectivity index (χ0n) is 8.91. The molecule has 3 aromatic rings. The number of benzene rings is 1. The Labute approximate surface area is 110 Å². The molecule has 0 saturated heterocycles. The second-order valence-corrected chi connectivity index (χ2v) is 5.30. The molecule has 5 nitrogen and oxygen atoms in total. The van der Waals surface area contributed by atoms with E-state index in [0.717, 1.165) is 16.2 Å². The molecule has 0 radical (unpaired) electrons. The number of nitrogens with zero attached hydrogens (tertiary/aromatic N) is 3. The van der Waals surface area contributed by atoms with Crippen LogP contribution in [0.1, 0.15) is 0 Å². The fourth-order valence-corrected chi connectivity index (χ4v) is 2.67. The Morgan fingerprint density at radius 1 is 1.28 bits per heavy atom. The molecule has 0 aliphatic rings. The van der Waals surface area contributed by atoms with Crippen molar-refractivity contribution in [2.75, 3.05) is 0 Å². The lowest BCUT2D eigenvalue weighted by Crippen LogP contribution is -1.87. The Hall–Kier alpha value is -1.92. The van der Waals surface area contributed by atoms with Crippen LogP contribution in [0.5, 0.6) is 0 Å². The number of rotatable bonds is 2. The molecule has 3 rings (SSSR count). The first kappa shape index (κ1) is 11.2. The van der Waals surface area contributed by atoms with Crippen LogP contribution < -0.4 is 0 Å². The van der Waals surface area contributed by atoms with Crippen LogP contribution in [0.25, 0.3) is 16.2 Å². The third-order valence-corrected chi connectivity index (χ3v) is 3.62. The van der Waals surface area contributed by atoms with Crippen LogP contribution in [0.2, 0.25) is 4.34 Å². The lowest BCUT2D eigenvalue weighted by molar-refractivity contribution is -0.384. The first-order chi connectivity index (χ1) is 8.63. The molecule has 0 spiro atoms. The molecule has 1 aromatic carbocycles. The van der Waals surface area contributed by atoms with Gasteiger partial charge in [0, 0.05) is 30.1 Å². The van der Waals surface area contributed by atoms with Gasteiger partial charge in [-0.2, -0.15) is 0 Å². The molecule has 0 unspecified atom stereocenters. The van der Waals surface area contributed by atoms with E-state index < -0.39 is 4.92 Å². The lowest BCUT2D eigenvalue weighted by Gasteiger charge is -1.95. The van der Waals surface area contributed by atoms with Gasteiger partial charge in [-0.25, -0.2) is 4.98 Å². The van der Waals surface area contributed by atoms with Crippen LogP contribution in [0.4, 0.5) is 5.69 Å². The van der Waals surface area contributed by atoms with Crippen molar-refractivity contribution in [2.24, 2.45) is 0 Å². The van der Waals surface area contributed by atoms with Gasteiger partial charge < -0.3 is 0 Å². The van der Waals surface area contributed by atoms with Crippen LogP contribution >= 0.6 is 22.9 Å². The maximum atomic E-state index is 10.6. The largest absolute Gasteiger partial charge is 0.296 e. The summed E-state index contributed by atoms with van der Waals surface area (Å²) in [7, 11) is 0. The summed E-state index contributed by atoms with van der Waals surface area (Å²) in [4.78, 5) is 15.3. The first-order valence-electron chi connectivity index (χ1n) is 5.02. The zero-order chi connectivity index (χ0) is 12.7. The topological polar surface area (TPSA) is 60.4 Å². The molecule has 0 saturated carbocycles. The van der Waals surface area contributed by atoms with E-state index in [2.05, 4.69) is 4.98 Å². The predicted molar refractivity (Wildman–Crippen MR) is 70.2 cm³/mol. The maximum absolute atomic E-state index is 10.6. The summed E-state index contributed by atoms with van der Waals surface area (Å²) in [5.41, 5.74) is 1.68. The van der Waals surface area contributed by atoms with Crippen molar-refractivity contribution < 1.29 is 4.92 Å². The molecule has 0 atom stereocenters. The standard InChI is InChI=1S/C11H6ClN3O2S/c12-10-6-14-5-9(13-11(14)18-10)7-1-3-8(4-2-7)15(16)17/h1-6H. The molecule has 0 aliphatic carbocycles. The highest BCUT2D eigenvalue weighted by molar-refractivity contribution is 7.20. The van der Waals surface area contributed by atoms with Gasteiger partial charge in [-0.1, -0.05) is 22.9 Å². The number of imidazole rings is 1. The van der Waals surface area contributed by atoms with Gasteiger partial charge in [-0.3, -0.25) is 14.5 Å². The summed E-state index contributed by atoms with van der Waals surface area (Å²) in [6.07, 6.45) is 3.63. The molecule has 90 valence electrons. The van der Waals surface area contributed by atoms with Crippen LogP contribution in [-0.2, 0) is 0 Å². The normalized spacial score (nSPS) is 10.9. The summed E-state index contributed by atoms with van der Waals surface area (Å²) < 4.78 is 2.51. The number of nitro benzene ring substituents is 1. The lowest BCUT2D eigenvalue weighted by atomic mass is 10.1. The number of non-ortho nitro benzene ring substituents is 1.